The molecule has 0 amide bonds. The number of benzene rings is 1. The molecule has 2 unspecified atom stereocenters. The van der Waals surface area contributed by atoms with E-state index in [4.69, 9.17) is 49.4 Å². The molecule has 48 heavy (non-hydrogen) atoms. The van der Waals surface area contributed by atoms with Crippen molar-refractivity contribution in [3.05, 3.63) is 42.5 Å². The van der Waals surface area contributed by atoms with Gasteiger partial charge in [0.25, 0.3) is 0 Å². The Morgan fingerprint density at radius 2 is 1.67 bits per heavy atom. The minimum Gasteiger partial charge on any atom is -0.497 e. The topological polar surface area (TPSA) is 134 Å². The van der Waals surface area contributed by atoms with Crippen LogP contribution in [-0.2, 0) is 39.0 Å². The minimum atomic E-state index is -3.15. The maximum Gasteiger partial charge on any atom is 0.327 e. The number of hydrogen-bond acceptors (Lipinski definition) is 12. The van der Waals surface area contributed by atoms with Crippen LogP contribution in [0.25, 0.3) is 11.2 Å². The standard InChI is InChI=1S/C32H52N5O7PSSi2/c1-31(2,3)47(8,9)43-26-24(18-40-45(46)39-16-15-23(42-45)21-13-12-14-22(17-21)38-7)41-30(27(26)44-48(10,11)32(4,5)6)37-20-36-25-28(33)34-19-35-29(25)37/h12-14,17,19-20,23-24,26-27,30H,15-16,18H2,1-11H3,(H2,33,34,35)/t23?,24-,26-,27-,30-,45?/m1/s1. The van der Waals surface area contributed by atoms with E-state index in [1.165, 1.54) is 6.33 Å². The summed E-state index contributed by atoms with van der Waals surface area (Å²) in [6, 6.07) is 7.80. The SMILES string of the molecule is COc1cccc(C2CCOP(=S)(OC[C@H]3O[C@@H](n4cnc5c(N)ncnc54)[C@H](O[Si](C)(C)C(C)(C)C)[C@@H]3O[Si](C)(C)C(C)(C)C)O2)c1. The van der Waals surface area contributed by atoms with Gasteiger partial charge in [-0.25, -0.2) is 15.0 Å². The fourth-order valence-electron chi connectivity index (χ4n) is 5.24. The quantitative estimate of drug-likeness (QED) is 0.163. The Balaban J connectivity index is 1.50. The number of imidazole rings is 1. The van der Waals surface area contributed by atoms with E-state index in [9.17, 15) is 0 Å². The van der Waals surface area contributed by atoms with Crippen molar-refractivity contribution in [1.82, 2.24) is 19.5 Å². The Morgan fingerprint density at radius 1 is 1.00 bits per heavy atom. The highest BCUT2D eigenvalue weighted by Gasteiger charge is 2.55. The molecule has 4 heterocycles. The Labute approximate surface area is 291 Å². The first-order valence-corrected chi connectivity index (χ1v) is 24.8. The molecule has 2 saturated heterocycles. The summed E-state index contributed by atoms with van der Waals surface area (Å²) in [6.07, 6.45) is 1.26. The number of nitrogen functional groups attached to an aromatic ring is 1. The number of nitrogens with zero attached hydrogens (tertiary/aromatic N) is 4. The summed E-state index contributed by atoms with van der Waals surface area (Å²) >= 11 is 5.94. The number of nitrogens with two attached hydrogens (primary N) is 1. The smallest absolute Gasteiger partial charge is 0.327 e. The van der Waals surface area contributed by atoms with Crippen molar-refractivity contribution in [2.45, 2.75) is 115 Å². The molecule has 0 radical (unpaired) electrons. The first kappa shape index (κ1) is 37.5. The molecular formula is C32H52N5O7PSSi2. The number of anilines is 1. The minimum absolute atomic E-state index is 0.0762. The number of methoxy groups -OCH3 is 1. The van der Waals surface area contributed by atoms with Crippen molar-refractivity contribution in [3.8, 4) is 5.75 Å². The summed E-state index contributed by atoms with van der Waals surface area (Å²) in [7, 11) is -3.09. The lowest BCUT2D eigenvalue weighted by atomic mass is 10.1. The van der Waals surface area contributed by atoms with E-state index in [-0.39, 0.29) is 22.8 Å². The number of rotatable bonds is 10. The summed E-state index contributed by atoms with van der Waals surface area (Å²) < 4.78 is 47.6. The number of fused-ring (bicyclic) bond motifs is 1. The van der Waals surface area contributed by atoms with Gasteiger partial charge < -0.3 is 37.6 Å². The molecule has 3 aromatic rings. The second-order valence-electron chi connectivity index (χ2n) is 15.6. The van der Waals surface area contributed by atoms with Gasteiger partial charge in [-0.15, -0.1) is 0 Å². The largest absolute Gasteiger partial charge is 0.497 e. The normalized spacial score (nSPS) is 27.4. The highest BCUT2D eigenvalue weighted by Crippen LogP contribution is 2.58. The third kappa shape index (κ3) is 7.75. The van der Waals surface area contributed by atoms with Gasteiger partial charge in [0.1, 0.15) is 35.9 Å². The van der Waals surface area contributed by atoms with Gasteiger partial charge in [-0.05, 0) is 65.8 Å². The predicted octanol–water partition coefficient (Wildman–Crippen LogP) is 7.51. The van der Waals surface area contributed by atoms with Gasteiger partial charge in [-0.3, -0.25) is 4.57 Å². The molecule has 2 aliphatic heterocycles. The second kappa shape index (κ2) is 13.7. The van der Waals surface area contributed by atoms with Crippen LogP contribution in [0.5, 0.6) is 5.75 Å². The average molecular weight is 738 g/mol. The van der Waals surface area contributed by atoms with Gasteiger partial charge >= 0.3 is 6.72 Å². The van der Waals surface area contributed by atoms with Crippen molar-refractivity contribution >= 4 is 52.1 Å². The molecule has 16 heteroatoms. The van der Waals surface area contributed by atoms with Crippen LogP contribution in [-0.4, -0.2) is 74.8 Å². The van der Waals surface area contributed by atoms with E-state index in [0.717, 1.165) is 11.3 Å². The van der Waals surface area contributed by atoms with Gasteiger partial charge in [0.15, 0.2) is 34.3 Å². The van der Waals surface area contributed by atoms with Crippen LogP contribution in [0.1, 0.15) is 65.9 Å². The molecule has 1 aromatic carbocycles. The molecule has 0 saturated carbocycles. The zero-order chi connectivity index (χ0) is 35.3. The highest BCUT2D eigenvalue weighted by atomic mass is 32.5. The van der Waals surface area contributed by atoms with Crippen LogP contribution in [0, 0.1) is 0 Å². The first-order valence-electron chi connectivity index (χ1n) is 16.4. The lowest BCUT2D eigenvalue weighted by Gasteiger charge is -2.44. The van der Waals surface area contributed by atoms with Crippen molar-refractivity contribution in [1.29, 1.82) is 0 Å². The van der Waals surface area contributed by atoms with E-state index >= 15 is 0 Å². The summed E-state index contributed by atoms with van der Waals surface area (Å²) in [4.78, 5) is 13.2. The van der Waals surface area contributed by atoms with Crippen molar-refractivity contribution < 1.29 is 31.9 Å². The fraction of sp³-hybridized carbons (Fsp3) is 0.656. The number of aromatic nitrogens is 4. The molecule has 5 rings (SSSR count). The zero-order valence-corrected chi connectivity index (χ0v) is 33.8. The lowest BCUT2D eigenvalue weighted by molar-refractivity contribution is -0.0515. The third-order valence-electron chi connectivity index (χ3n) is 10.2. The van der Waals surface area contributed by atoms with Crippen LogP contribution in [0.3, 0.4) is 0 Å². The van der Waals surface area contributed by atoms with Gasteiger partial charge in [-0.2, -0.15) is 0 Å². The van der Waals surface area contributed by atoms with Crippen LogP contribution in [0.15, 0.2) is 36.9 Å². The van der Waals surface area contributed by atoms with Gasteiger partial charge in [0.2, 0.25) is 0 Å². The van der Waals surface area contributed by atoms with Gasteiger partial charge in [0, 0.05) is 6.42 Å². The van der Waals surface area contributed by atoms with E-state index < -0.39 is 47.9 Å². The van der Waals surface area contributed by atoms with Crippen LogP contribution in [0.4, 0.5) is 5.82 Å². The van der Waals surface area contributed by atoms with E-state index in [0.29, 0.717) is 30.0 Å². The summed E-state index contributed by atoms with van der Waals surface area (Å²) in [5.74, 6) is 1.04. The monoisotopic (exact) mass is 737 g/mol. The Morgan fingerprint density at radius 3 is 2.31 bits per heavy atom. The van der Waals surface area contributed by atoms with Gasteiger partial charge in [-0.1, -0.05) is 53.7 Å². The molecule has 266 valence electrons. The Hall–Kier alpha value is -1.79. The van der Waals surface area contributed by atoms with Crippen molar-refractivity contribution in [3.63, 3.8) is 0 Å². The van der Waals surface area contributed by atoms with Crippen molar-refractivity contribution in [2.75, 3.05) is 26.1 Å². The molecule has 12 nitrogen and oxygen atoms in total. The average Bonchev–Trinajstić information content (AvgIpc) is 3.56. The lowest BCUT2D eigenvalue weighted by Crippen LogP contribution is -2.54. The molecule has 2 aliphatic rings. The van der Waals surface area contributed by atoms with Crippen LogP contribution in [0.2, 0.25) is 36.3 Å². The van der Waals surface area contributed by atoms with E-state index in [1.54, 1.807) is 13.4 Å². The van der Waals surface area contributed by atoms with E-state index in [1.807, 2.05) is 28.8 Å². The summed E-state index contributed by atoms with van der Waals surface area (Å²) in [5, 5.41) is -0.153. The molecule has 0 bridgehead atoms. The Kier molecular flexibility index (Phi) is 10.7. The third-order valence-corrected chi connectivity index (χ3v) is 21.5. The van der Waals surface area contributed by atoms with Crippen LogP contribution >= 0.6 is 6.72 Å². The molecule has 2 aromatic heterocycles. The van der Waals surface area contributed by atoms with Crippen molar-refractivity contribution in [2.24, 2.45) is 0 Å². The van der Waals surface area contributed by atoms with Crippen LogP contribution < -0.4 is 10.5 Å². The Bertz CT molecular complexity index is 1650. The maximum absolute atomic E-state index is 7.23. The molecule has 2 N–H and O–H groups in total. The second-order valence-corrected chi connectivity index (χ2v) is 28.0. The molecule has 2 fully saturated rings. The molecule has 0 aliphatic carbocycles. The zero-order valence-electron chi connectivity index (χ0n) is 30.1. The number of ether oxygens (including phenoxy) is 2. The van der Waals surface area contributed by atoms with Gasteiger partial charge in [0.05, 0.1) is 32.8 Å². The summed E-state index contributed by atoms with van der Waals surface area (Å²) in [5.41, 5.74) is 8.20. The highest BCUT2D eigenvalue weighted by molar-refractivity contribution is 8.07. The van der Waals surface area contributed by atoms with E-state index in [2.05, 4.69) is 82.7 Å². The molecule has 0 spiro atoms. The summed E-state index contributed by atoms with van der Waals surface area (Å²) in [6.45, 7) is 19.6. The fourth-order valence-corrected chi connectivity index (χ4v) is 9.95. The maximum atomic E-state index is 7.23. The predicted molar refractivity (Wildman–Crippen MR) is 195 cm³/mol. The molecule has 6 atom stereocenters. The molecular weight excluding hydrogens is 686 g/mol. The first-order chi connectivity index (χ1) is 22.3. The number of hydrogen-bond donors (Lipinski definition) is 1.